The lowest BCUT2D eigenvalue weighted by Gasteiger charge is -2.32. The molecule has 0 saturated carbocycles. The fraction of sp³-hybridized carbons (Fsp3) is 0.423. The van der Waals surface area contributed by atoms with Crippen LogP contribution in [-0.4, -0.2) is 48.2 Å². The molecule has 0 radical (unpaired) electrons. The summed E-state index contributed by atoms with van der Waals surface area (Å²) in [6, 6.07) is 13.2. The van der Waals surface area contributed by atoms with Gasteiger partial charge in [-0.25, -0.2) is 14.4 Å². The average molecular weight is 470 g/mol. The van der Waals surface area contributed by atoms with E-state index in [1.54, 1.807) is 0 Å². The van der Waals surface area contributed by atoms with Gasteiger partial charge in [0.15, 0.2) is 0 Å². The van der Waals surface area contributed by atoms with Crippen LogP contribution in [0.3, 0.4) is 0 Å². The number of nitrogens with two attached hydrogens (primary N) is 2. The minimum absolute atomic E-state index is 0.271. The minimum Gasteiger partial charge on any atom is -0.480 e. The van der Waals surface area contributed by atoms with Gasteiger partial charge in [0, 0.05) is 5.69 Å². The van der Waals surface area contributed by atoms with Crippen LogP contribution in [0.1, 0.15) is 42.4 Å². The second kappa shape index (κ2) is 13.5. The predicted octanol–water partition coefficient (Wildman–Crippen LogP) is 2.72. The van der Waals surface area contributed by atoms with E-state index < -0.39 is 36.5 Å². The van der Waals surface area contributed by atoms with Crippen molar-refractivity contribution < 1.29 is 24.2 Å². The number of rotatable bonds is 13. The third kappa shape index (κ3) is 7.97. The molecule has 5 N–H and O–H groups in total. The molecule has 2 atom stereocenters. The standard InChI is InChI=1S/C26H35N3O5/c1-18-9-8-10-19(2)24(18)29(17-23(30)34-26(33)21(28)13-6-7-16-27)22(25(31)32)15-14-20-11-4-3-5-12-20/h3-5,8-12,21-22H,6-7,13-17,27-28H2,1-2H3,(H,31,32)/t21-,22?/m0/s1. The third-order valence-corrected chi connectivity index (χ3v) is 5.72. The summed E-state index contributed by atoms with van der Waals surface area (Å²) < 4.78 is 5.00. The predicted molar refractivity (Wildman–Crippen MR) is 131 cm³/mol. The molecule has 184 valence electrons. The molecule has 0 aliphatic rings. The van der Waals surface area contributed by atoms with Gasteiger partial charge in [0.25, 0.3) is 0 Å². The molecule has 0 heterocycles. The van der Waals surface area contributed by atoms with Gasteiger partial charge in [-0.1, -0.05) is 55.0 Å². The summed E-state index contributed by atoms with van der Waals surface area (Å²) in [6.45, 7) is 3.81. The summed E-state index contributed by atoms with van der Waals surface area (Å²) in [5.41, 5.74) is 14.6. The van der Waals surface area contributed by atoms with Gasteiger partial charge in [0.05, 0.1) is 0 Å². The molecule has 2 rings (SSSR count). The van der Waals surface area contributed by atoms with Crippen molar-refractivity contribution in [1.29, 1.82) is 0 Å². The quantitative estimate of drug-likeness (QED) is 0.231. The fourth-order valence-corrected chi connectivity index (χ4v) is 3.95. The minimum atomic E-state index is -1.06. The second-order valence-corrected chi connectivity index (χ2v) is 8.43. The molecule has 0 aromatic heterocycles. The lowest BCUT2D eigenvalue weighted by atomic mass is 10.0. The van der Waals surface area contributed by atoms with Crippen molar-refractivity contribution in [3.63, 3.8) is 0 Å². The number of carbonyl (C=O) groups excluding carboxylic acids is 2. The van der Waals surface area contributed by atoms with Crippen LogP contribution >= 0.6 is 0 Å². The highest BCUT2D eigenvalue weighted by molar-refractivity contribution is 5.92. The summed E-state index contributed by atoms with van der Waals surface area (Å²) in [6.07, 6.45) is 2.51. The van der Waals surface area contributed by atoms with Crippen LogP contribution in [0, 0.1) is 13.8 Å². The molecule has 8 nitrogen and oxygen atoms in total. The first kappa shape index (κ1) is 27.0. The average Bonchev–Trinajstić information content (AvgIpc) is 2.79. The van der Waals surface area contributed by atoms with E-state index in [0.717, 1.165) is 23.1 Å². The Labute approximate surface area is 200 Å². The van der Waals surface area contributed by atoms with Gasteiger partial charge >= 0.3 is 17.9 Å². The molecular weight excluding hydrogens is 434 g/mol. The molecular formula is C26H35N3O5. The van der Waals surface area contributed by atoms with E-state index in [4.69, 9.17) is 16.2 Å². The van der Waals surface area contributed by atoms with E-state index in [9.17, 15) is 19.5 Å². The Morgan fingerprint density at radius 1 is 0.971 bits per heavy atom. The number of ether oxygens (including phenoxy) is 1. The first-order chi connectivity index (χ1) is 16.2. The maximum atomic E-state index is 12.7. The van der Waals surface area contributed by atoms with Crippen LogP contribution < -0.4 is 16.4 Å². The zero-order chi connectivity index (χ0) is 25.1. The highest BCUT2D eigenvalue weighted by Gasteiger charge is 2.31. The number of carboxylic acid groups (broad SMARTS) is 1. The number of benzene rings is 2. The number of hydrogen-bond donors (Lipinski definition) is 3. The van der Waals surface area contributed by atoms with E-state index >= 15 is 0 Å². The molecule has 8 heteroatoms. The maximum Gasteiger partial charge on any atom is 0.333 e. The van der Waals surface area contributed by atoms with Gasteiger partial charge in [-0.2, -0.15) is 0 Å². The zero-order valence-electron chi connectivity index (χ0n) is 19.9. The zero-order valence-corrected chi connectivity index (χ0v) is 19.9. The number of aryl methyl sites for hydroxylation is 3. The lowest BCUT2D eigenvalue weighted by molar-refractivity contribution is -0.159. The maximum absolute atomic E-state index is 12.7. The number of carbonyl (C=O) groups is 3. The fourth-order valence-electron chi connectivity index (χ4n) is 3.95. The number of unbranched alkanes of at least 4 members (excludes halogenated alkanes) is 1. The summed E-state index contributed by atoms with van der Waals surface area (Å²) in [5, 5.41) is 10.1. The van der Waals surface area contributed by atoms with E-state index in [1.165, 1.54) is 4.90 Å². The number of nitrogens with zero attached hydrogens (tertiary/aromatic N) is 1. The second-order valence-electron chi connectivity index (χ2n) is 8.43. The van der Waals surface area contributed by atoms with Crippen molar-refractivity contribution in [1.82, 2.24) is 0 Å². The Morgan fingerprint density at radius 3 is 2.21 bits per heavy atom. The molecule has 0 bridgehead atoms. The highest BCUT2D eigenvalue weighted by atomic mass is 16.6. The molecule has 1 unspecified atom stereocenters. The summed E-state index contributed by atoms with van der Waals surface area (Å²) >= 11 is 0. The molecule has 0 aliphatic carbocycles. The van der Waals surface area contributed by atoms with Crippen molar-refractivity contribution in [3.8, 4) is 0 Å². The van der Waals surface area contributed by atoms with Gasteiger partial charge in [0.1, 0.15) is 18.6 Å². The van der Waals surface area contributed by atoms with Crippen molar-refractivity contribution >= 4 is 23.6 Å². The molecule has 0 spiro atoms. The molecule has 34 heavy (non-hydrogen) atoms. The van der Waals surface area contributed by atoms with Gasteiger partial charge in [-0.3, -0.25) is 0 Å². The Hall–Kier alpha value is -3.23. The van der Waals surface area contributed by atoms with Gasteiger partial charge < -0.3 is 26.2 Å². The van der Waals surface area contributed by atoms with E-state index in [2.05, 4.69) is 0 Å². The van der Waals surface area contributed by atoms with Crippen LogP contribution in [0.15, 0.2) is 48.5 Å². The van der Waals surface area contributed by atoms with Crippen LogP contribution in [0.4, 0.5) is 5.69 Å². The monoisotopic (exact) mass is 469 g/mol. The molecule has 2 aromatic rings. The summed E-state index contributed by atoms with van der Waals surface area (Å²) in [7, 11) is 0. The van der Waals surface area contributed by atoms with E-state index in [-0.39, 0.29) is 6.42 Å². The Bertz CT molecular complexity index is 944. The first-order valence-corrected chi connectivity index (χ1v) is 11.5. The van der Waals surface area contributed by atoms with Crippen LogP contribution in [0.5, 0.6) is 0 Å². The van der Waals surface area contributed by atoms with Crippen molar-refractivity contribution in [2.45, 2.75) is 58.0 Å². The van der Waals surface area contributed by atoms with E-state index in [0.29, 0.717) is 31.5 Å². The number of para-hydroxylation sites is 1. The third-order valence-electron chi connectivity index (χ3n) is 5.72. The Morgan fingerprint density at radius 2 is 1.62 bits per heavy atom. The van der Waals surface area contributed by atoms with Crippen molar-refractivity contribution in [3.05, 3.63) is 65.2 Å². The van der Waals surface area contributed by atoms with Gasteiger partial charge in [0.2, 0.25) is 0 Å². The van der Waals surface area contributed by atoms with Crippen molar-refractivity contribution in [2.75, 3.05) is 18.0 Å². The Kier molecular flexibility index (Phi) is 10.7. The smallest absolute Gasteiger partial charge is 0.333 e. The molecule has 0 amide bonds. The van der Waals surface area contributed by atoms with Crippen LogP contribution in [0.2, 0.25) is 0 Å². The highest BCUT2D eigenvalue weighted by Crippen LogP contribution is 2.28. The summed E-state index contributed by atoms with van der Waals surface area (Å²) in [5.74, 6) is -2.72. The number of hydrogen-bond acceptors (Lipinski definition) is 7. The first-order valence-electron chi connectivity index (χ1n) is 11.5. The molecule has 0 aliphatic heterocycles. The summed E-state index contributed by atoms with van der Waals surface area (Å²) in [4.78, 5) is 38.9. The van der Waals surface area contributed by atoms with Gasteiger partial charge in [-0.05, 0) is 62.8 Å². The largest absolute Gasteiger partial charge is 0.480 e. The normalized spacial score (nSPS) is 12.6. The lowest BCUT2D eigenvalue weighted by Crippen LogP contribution is -2.46. The van der Waals surface area contributed by atoms with Crippen LogP contribution in [-0.2, 0) is 25.5 Å². The number of anilines is 1. The number of esters is 2. The number of aliphatic carboxylic acids is 1. The van der Waals surface area contributed by atoms with E-state index in [1.807, 2.05) is 62.4 Å². The molecule has 2 aromatic carbocycles. The Balaban J connectivity index is 2.24. The van der Waals surface area contributed by atoms with Crippen molar-refractivity contribution in [2.24, 2.45) is 11.5 Å². The van der Waals surface area contributed by atoms with Crippen LogP contribution in [0.25, 0.3) is 0 Å². The molecule has 0 saturated heterocycles. The topological polar surface area (TPSA) is 136 Å². The molecule has 0 fully saturated rings. The van der Waals surface area contributed by atoms with Gasteiger partial charge in [-0.15, -0.1) is 0 Å². The number of carboxylic acids is 1. The SMILES string of the molecule is Cc1cccc(C)c1N(CC(=O)OC(=O)[C@@H](N)CCCCN)C(CCc1ccccc1)C(=O)O.